The van der Waals surface area contributed by atoms with Gasteiger partial charge in [0, 0.05) is 30.4 Å². The van der Waals surface area contributed by atoms with E-state index in [0.29, 0.717) is 22.9 Å². The SMILES string of the molecule is COc1cccc(NC(=O)c2cc(C3CC3)nc3c2c(C)nn3C)c1. The first-order valence-corrected chi connectivity index (χ1v) is 8.36. The van der Waals surface area contributed by atoms with Crippen molar-refractivity contribution < 1.29 is 9.53 Å². The van der Waals surface area contributed by atoms with Gasteiger partial charge in [0.25, 0.3) is 5.91 Å². The van der Waals surface area contributed by atoms with E-state index in [1.807, 2.05) is 38.2 Å². The molecule has 2 heterocycles. The smallest absolute Gasteiger partial charge is 0.256 e. The maximum atomic E-state index is 13.0. The second kappa shape index (κ2) is 5.88. The van der Waals surface area contributed by atoms with E-state index in [9.17, 15) is 4.79 Å². The lowest BCUT2D eigenvalue weighted by Crippen LogP contribution is -2.13. The number of carbonyl (C=O) groups excluding carboxylic acids is 1. The van der Waals surface area contributed by atoms with Gasteiger partial charge in [-0.25, -0.2) is 4.98 Å². The number of amides is 1. The lowest BCUT2D eigenvalue weighted by molar-refractivity contribution is 0.102. The quantitative estimate of drug-likeness (QED) is 0.793. The van der Waals surface area contributed by atoms with Crippen LogP contribution in [-0.4, -0.2) is 27.8 Å². The van der Waals surface area contributed by atoms with Crippen LogP contribution in [0.1, 0.15) is 40.5 Å². The zero-order valence-corrected chi connectivity index (χ0v) is 14.5. The van der Waals surface area contributed by atoms with E-state index in [1.54, 1.807) is 17.9 Å². The molecule has 1 amide bonds. The predicted molar refractivity (Wildman–Crippen MR) is 96.2 cm³/mol. The first-order chi connectivity index (χ1) is 12.1. The maximum absolute atomic E-state index is 13.0. The Morgan fingerprint density at radius 1 is 1.32 bits per heavy atom. The molecule has 0 saturated heterocycles. The number of rotatable bonds is 4. The Balaban J connectivity index is 1.77. The highest BCUT2D eigenvalue weighted by Crippen LogP contribution is 2.40. The third-order valence-corrected chi connectivity index (χ3v) is 4.56. The molecule has 6 heteroatoms. The Labute approximate surface area is 145 Å². The second-order valence-corrected chi connectivity index (χ2v) is 6.46. The van der Waals surface area contributed by atoms with Gasteiger partial charge in [-0.15, -0.1) is 0 Å². The minimum absolute atomic E-state index is 0.154. The number of nitrogens with one attached hydrogen (secondary N) is 1. The molecule has 0 radical (unpaired) electrons. The molecule has 1 aromatic carbocycles. The van der Waals surface area contributed by atoms with E-state index in [4.69, 9.17) is 9.72 Å². The van der Waals surface area contributed by atoms with Crippen LogP contribution in [0.15, 0.2) is 30.3 Å². The molecule has 4 rings (SSSR count). The summed E-state index contributed by atoms with van der Waals surface area (Å²) in [5.41, 5.74) is 3.87. The molecule has 1 N–H and O–H groups in total. The van der Waals surface area contributed by atoms with Crippen LogP contribution in [0.5, 0.6) is 5.75 Å². The van der Waals surface area contributed by atoms with Crippen LogP contribution < -0.4 is 10.1 Å². The fourth-order valence-corrected chi connectivity index (χ4v) is 3.13. The number of methoxy groups -OCH3 is 1. The highest BCUT2D eigenvalue weighted by Gasteiger charge is 2.28. The van der Waals surface area contributed by atoms with Crippen LogP contribution in [0.2, 0.25) is 0 Å². The molecule has 1 aliphatic carbocycles. The highest BCUT2D eigenvalue weighted by atomic mass is 16.5. The van der Waals surface area contributed by atoms with Gasteiger partial charge in [-0.1, -0.05) is 6.07 Å². The van der Waals surface area contributed by atoms with E-state index >= 15 is 0 Å². The largest absolute Gasteiger partial charge is 0.497 e. The number of benzene rings is 1. The molecule has 0 unspecified atom stereocenters. The van der Waals surface area contributed by atoms with E-state index in [-0.39, 0.29) is 5.91 Å². The van der Waals surface area contributed by atoms with Crippen LogP contribution >= 0.6 is 0 Å². The lowest BCUT2D eigenvalue weighted by Gasteiger charge is -2.10. The number of hydrogen-bond donors (Lipinski definition) is 1. The van der Waals surface area contributed by atoms with Crippen LogP contribution in [0.25, 0.3) is 11.0 Å². The first kappa shape index (κ1) is 15.6. The number of aryl methyl sites for hydroxylation is 2. The standard InChI is InChI=1S/C19H20N4O2/c1-11-17-15(19(24)20-13-5-4-6-14(9-13)25-3)10-16(12-7-8-12)21-18(17)23(2)22-11/h4-6,9-10,12H,7-8H2,1-3H3,(H,20,24). The lowest BCUT2D eigenvalue weighted by atomic mass is 10.1. The molecule has 1 saturated carbocycles. The zero-order chi connectivity index (χ0) is 17.6. The molecule has 1 fully saturated rings. The van der Waals surface area contributed by atoms with Gasteiger partial charge < -0.3 is 10.1 Å². The maximum Gasteiger partial charge on any atom is 0.256 e. The minimum Gasteiger partial charge on any atom is -0.497 e. The normalized spacial score (nSPS) is 13.9. The summed E-state index contributed by atoms with van der Waals surface area (Å²) in [4.78, 5) is 17.7. The van der Waals surface area contributed by atoms with Crippen LogP contribution in [0, 0.1) is 6.92 Å². The summed E-state index contributed by atoms with van der Waals surface area (Å²) in [6.07, 6.45) is 2.26. The highest BCUT2D eigenvalue weighted by molar-refractivity contribution is 6.12. The molecule has 128 valence electrons. The fraction of sp³-hybridized carbons (Fsp3) is 0.316. The van der Waals surface area contributed by atoms with Gasteiger partial charge >= 0.3 is 0 Å². The van der Waals surface area contributed by atoms with Gasteiger partial charge in [-0.3, -0.25) is 9.48 Å². The molecule has 25 heavy (non-hydrogen) atoms. The van der Waals surface area contributed by atoms with Crippen molar-refractivity contribution in [3.8, 4) is 5.75 Å². The van der Waals surface area contributed by atoms with Gasteiger partial charge in [-0.05, 0) is 38.0 Å². The van der Waals surface area contributed by atoms with E-state index in [1.165, 1.54) is 0 Å². The number of ether oxygens (including phenoxy) is 1. The summed E-state index contributed by atoms with van der Waals surface area (Å²) >= 11 is 0. The molecular weight excluding hydrogens is 316 g/mol. The average Bonchev–Trinajstić information content (AvgIpc) is 3.41. The van der Waals surface area contributed by atoms with Crippen molar-refractivity contribution in [2.45, 2.75) is 25.7 Å². The predicted octanol–water partition coefficient (Wildman–Crippen LogP) is 3.42. The van der Waals surface area contributed by atoms with Gasteiger partial charge in [-0.2, -0.15) is 5.10 Å². The molecule has 1 aliphatic rings. The monoisotopic (exact) mass is 336 g/mol. The summed E-state index contributed by atoms with van der Waals surface area (Å²) in [7, 11) is 3.47. The molecule has 2 aromatic heterocycles. The summed E-state index contributed by atoms with van der Waals surface area (Å²) in [5.74, 6) is 1.01. The number of carbonyl (C=O) groups is 1. The van der Waals surface area contributed by atoms with Crippen molar-refractivity contribution in [1.29, 1.82) is 0 Å². The Bertz CT molecular complexity index is 973. The number of hydrogen-bond acceptors (Lipinski definition) is 4. The molecule has 0 bridgehead atoms. The number of nitrogens with zero attached hydrogens (tertiary/aromatic N) is 3. The first-order valence-electron chi connectivity index (χ1n) is 8.36. The third kappa shape index (κ3) is 2.84. The fourth-order valence-electron chi connectivity index (χ4n) is 3.13. The summed E-state index contributed by atoms with van der Waals surface area (Å²) in [6, 6.07) is 9.26. The van der Waals surface area contributed by atoms with Crippen molar-refractivity contribution in [2.75, 3.05) is 12.4 Å². The number of aromatic nitrogens is 3. The molecule has 6 nitrogen and oxygen atoms in total. The topological polar surface area (TPSA) is 69.0 Å². The average molecular weight is 336 g/mol. The molecule has 3 aromatic rings. The summed E-state index contributed by atoms with van der Waals surface area (Å²) in [5, 5.41) is 8.22. The van der Waals surface area contributed by atoms with E-state index < -0.39 is 0 Å². The van der Waals surface area contributed by atoms with Crippen molar-refractivity contribution in [2.24, 2.45) is 7.05 Å². The molecule has 0 spiro atoms. The number of anilines is 1. The van der Waals surface area contributed by atoms with Crippen molar-refractivity contribution >= 4 is 22.6 Å². The Morgan fingerprint density at radius 2 is 2.12 bits per heavy atom. The third-order valence-electron chi connectivity index (χ3n) is 4.56. The van der Waals surface area contributed by atoms with Crippen molar-refractivity contribution in [3.05, 3.63) is 47.3 Å². The Morgan fingerprint density at radius 3 is 2.84 bits per heavy atom. The number of fused-ring (bicyclic) bond motifs is 1. The Hall–Kier alpha value is -2.89. The van der Waals surface area contributed by atoms with Crippen LogP contribution in [0.3, 0.4) is 0 Å². The number of pyridine rings is 1. The second-order valence-electron chi connectivity index (χ2n) is 6.46. The minimum atomic E-state index is -0.154. The molecule has 0 atom stereocenters. The van der Waals surface area contributed by atoms with E-state index in [0.717, 1.165) is 35.3 Å². The van der Waals surface area contributed by atoms with Crippen LogP contribution in [-0.2, 0) is 7.05 Å². The molecule has 0 aliphatic heterocycles. The summed E-state index contributed by atoms with van der Waals surface area (Å²) in [6.45, 7) is 1.91. The van der Waals surface area contributed by atoms with Crippen molar-refractivity contribution in [3.63, 3.8) is 0 Å². The Kier molecular flexibility index (Phi) is 3.67. The van der Waals surface area contributed by atoms with Crippen LogP contribution in [0.4, 0.5) is 5.69 Å². The van der Waals surface area contributed by atoms with Gasteiger partial charge in [0.15, 0.2) is 5.65 Å². The van der Waals surface area contributed by atoms with Crippen molar-refractivity contribution in [1.82, 2.24) is 14.8 Å². The van der Waals surface area contributed by atoms with E-state index in [2.05, 4.69) is 10.4 Å². The summed E-state index contributed by atoms with van der Waals surface area (Å²) < 4.78 is 6.97. The van der Waals surface area contributed by atoms with Gasteiger partial charge in [0.05, 0.1) is 23.8 Å². The zero-order valence-electron chi connectivity index (χ0n) is 14.5. The van der Waals surface area contributed by atoms with Gasteiger partial charge in [0.2, 0.25) is 0 Å². The van der Waals surface area contributed by atoms with Gasteiger partial charge in [0.1, 0.15) is 5.75 Å². The molecular formula is C19H20N4O2.